The molecule has 0 aliphatic carbocycles. The van der Waals surface area contributed by atoms with Crippen molar-refractivity contribution in [3.05, 3.63) is 65.5 Å². The molecule has 1 aliphatic rings. The summed E-state index contributed by atoms with van der Waals surface area (Å²) in [6, 6.07) is 11.6. The summed E-state index contributed by atoms with van der Waals surface area (Å²) in [7, 11) is 0. The predicted molar refractivity (Wildman–Crippen MR) is 87.9 cm³/mol. The molecule has 26 heavy (non-hydrogen) atoms. The van der Waals surface area contributed by atoms with Crippen LogP contribution >= 0.6 is 0 Å². The lowest BCUT2D eigenvalue weighted by molar-refractivity contribution is -0.121. The van der Waals surface area contributed by atoms with Crippen molar-refractivity contribution in [1.82, 2.24) is 15.4 Å². The average Bonchev–Trinajstić information content (AvgIpc) is 3.38. The van der Waals surface area contributed by atoms with Gasteiger partial charge in [-0.3, -0.25) is 19.3 Å². The number of benzene rings is 1. The van der Waals surface area contributed by atoms with Crippen LogP contribution in [-0.2, 0) is 11.3 Å². The van der Waals surface area contributed by atoms with Gasteiger partial charge in [0, 0.05) is 6.07 Å². The maximum absolute atomic E-state index is 12.2. The molecule has 8 heteroatoms. The van der Waals surface area contributed by atoms with E-state index in [9.17, 15) is 14.4 Å². The minimum absolute atomic E-state index is 0.103. The van der Waals surface area contributed by atoms with Crippen molar-refractivity contribution < 1.29 is 23.3 Å². The van der Waals surface area contributed by atoms with Crippen molar-refractivity contribution in [1.29, 1.82) is 0 Å². The molecule has 3 aromatic rings. The van der Waals surface area contributed by atoms with E-state index >= 15 is 0 Å². The van der Waals surface area contributed by atoms with Crippen LogP contribution in [-0.4, -0.2) is 34.3 Å². The SMILES string of the molecule is O=C(CN1C(=O)c2ccccc2C1=O)NCc1cc(-c2ccco2)on1. The molecule has 0 fully saturated rings. The van der Waals surface area contributed by atoms with Gasteiger partial charge in [-0.1, -0.05) is 17.3 Å². The lowest BCUT2D eigenvalue weighted by atomic mass is 10.1. The molecule has 1 aliphatic heterocycles. The van der Waals surface area contributed by atoms with E-state index in [0.29, 0.717) is 28.3 Å². The Kier molecular flexibility index (Phi) is 3.85. The van der Waals surface area contributed by atoms with Gasteiger partial charge in [-0.25, -0.2) is 0 Å². The predicted octanol–water partition coefficient (Wildman–Crippen LogP) is 1.85. The van der Waals surface area contributed by atoms with Gasteiger partial charge in [0.25, 0.3) is 11.8 Å². The van der Waals surface area contributed by atoms with E-state index in [4.69, 9.17) is 8.94 Å². The van der Waals surface area contributed by atoms with Crippen LogP contribution in [0.25, 0.3) is 11.5 Å². The Morgan fingerprint density at radius 3 is 2.42 bits per heavy atom. The van der Waals surface area contributed by atoms with Gasteiger partial charge in [0.2, 0.25) is 11.7 Å². The number of fused-ring (bicyclic) bond motifs is 1. The first-order valence-corrected chi connectivity index (χ1v) is 7.85. The zero-order valence-electron chi connectivity index (χ0n) is 13.5. The van der Waals surface area contributed by atoms with E-state index in [0.717, 1.165) is 4.90 Å². The molecule has 3 heterocycles. The monoisotopic (exact) mass is 351 g/mol. The highest BCUT2D eigenvalue weighted by Crippen LogP contribution is 2.22. The number of hydrogen-bond acceptors (Lipinski definition) is 6. The number of nitrogens with zero attached hydrogens (tertiary/aromatic N) is 2. The van der Waals surface area contributed by atoms with Crippen molar-refractivity contribution >= 4 is 17.7 Å². The number of hydrogen-bond donors (Lipinski definition) is 1. The summed E-state index contributed by atoms with van der Waals surface area (Å²) >= 11 is 0. The Bertz CT molecular complexity index is 955. The number of rotatable bonds is 5. The molecular weight excluding hydrogens is 338 g/mol. The maximum atomic E-state index is 12.2. The summed E-state index contributed by atoms with van der Waals surface area (Å²) < 4.78 is 10.3. The van der Waals surface area contributed by atoms with Crippen molar-refractivity contribution in [3.8, 4) is 11.5 Å². The zero-order chi connectivity index (χ0) is 18.1. The second-order valence-electron chi connectivity index (χ2n) is 5.68. The van der Waals surface area contributed by atoms with Gasteiger partial charge >= 0.3 is 0 Å². The van der Waals surface area contributed by atoms with Gasteiger partial charge < -0.3 is 14.3 Å². The minimum Gasteiger partial charge on any atom is -0.461 e. The summed E-state index contributed by atoms with van der Waals surface area (Å²) in [4.78, 5) is 37.5. The normalized spacial score (nSPS) is 13.2. The summed E-state index contributed by atoms with van der Waals surface area (Å²) in [6.45, 7) is -0.249. The van der Waals surface area contributed by atoms with Crippen LogP contribution < -0.4 is 5.32 Å². The van der Waals surface area contributed by atoms with Crippen LogP contribution in [0, 0.1) is 0 Å². The molecule has 0 saturated heterocycles. The number of aromatic nitrogens is 1. The summed E-state index contributed by atoms with van der Waals surface area (Å²) in [6.07, 6.45) is 1.52. The quantitative estimate of drug-likeness (QED) is 0.703. The van der Waals surface area contributed by atoms with E-state index in [1.165, 1.54) is 6.26 Å². The highest BCUT2D eigenvalue weighted by atomic mass is 16.5. The van der Waals surface area contributed by atoms with E-state index < -0.39 is 17.7 Å². The molecule has 0 saturated carbocycles. The summed E-state index contributed by atoms with van der Waals surface area (Å²) in [5.74, 6) is -0.438. The number of imide groups is 1. The fourth-order valence-electron chi connectivity index (χ4n) is 2.70. The highest BCUT2D eigenvalue weighted by molar-refractivity contribution is 6.22. The molecule has 8 nitrogen and oxygen atoms in total. The Morgan fingerprint density at radius 2 is 1.77 bits per heavy atom. The van der Waals surface area contributed by atoms with Crippen LogP contribution in [0.15, 0.2) is 57.7 Å². The standard InChI is InChI=1S/C18H13N3O5/c22-16(10-21-17(23)12-4-1-2-5-13(12)18(21)24)19-9-11-8-15(26-20-11)14-6-3-7-25-14/h1-8H,9-10H2,(H,19,22). The van der Waals surface area contributed by atoms with Crippen molar-refractivity contribution in [2.75, 3.05) is 6.54 Å². The van der Waals surface area contributed by atoms with E-state index in [1.54, 1.807) is 42.5 Å². The van der Waals surface area contributed by atoms with E-state index in [-0.39, 0.29) is 13.1 Å². The number of amides is 3. The van der Waals surface area contributed by atoms with Gasteiger partial charge in [0.1, 0.15) is 12.2 Å². The lowest BCUT2D eigenvalue weighted by Crippen LogP contribution is -2.40. The third-order valence-electron chi connectivity index (χ3n) is 3.97. The zero-order valence-corrected chi connectivity index (χ0v) is 13.5. The van der Waals surface area contributed by atoms with Crippen molar-refractivity contribution in [2.45, 2.75) is 6.54 Å². The second-order valence-corrected chi connectivity index (χ2v) is 5.68. The van der Waals surface area contributed by atoms with E-state index in [1.807, 2.05) is 0 Å². The molecule has 1 aromatic carbocycles. The second kappa shape index (κ2) is 6.32. The smallest absolute Gasteiger partial charge is 0.262 e. The largest absolute Gasteiger partial charge is 0.461 e. The third kappa shape index (κ3) is 2.77. The molecular formula is C18H13N3O5. The number of furan rings is 1. The minimum atomic E-state index is -0.470. The third-order valence-corrected chi connectivity index (χ3v) is 3.97. The molecule has 4 rings (SSSR count). The first kappa shape index (κ1) is 15.8. The van der Waals surface area contributed by atoms with Crippen molar-refractivity contribution in [2.24, 2.45) is 0 Å². The van der Waals surface area contributed by atoms with Gasteiger partial charge in [-0.15, -0.1) is 0 Å². The Morgan fingerprint density at radius 1 is 1.04 bits per heavy atom. The molecule has 3 amide bonds. The van der Waals surface area contributed by atoms with Crippen LogP contribution in [0.5, 0.6) is 0 Å². The number of carbonyl (C=O) groups excluding carboxylic acids is 3. The lowest BCUT2D eigenvalue weighted by Gasteiger charge is -2.13. The van der Waals surface area contributed by atoms with Crippen LogP contribution in [0.2, 0.25) is 0 Å². The number of carbonyl (C=O) groups is 3. The molecule has 0 spiro atoms. The summed E-state index contributed by atoms with van der Waals surface area (Å²) in [5, 5.41) is 6.46. The van der Waals surface area contributed by atoms with Gasteiger partial charge in [0.15, 0.2) is 5.76 Å². The van der Waals surface area contributed by atoms with Gasteiger partial charge in [-0.2, -0.15) is 0 Å². The first-order chi connectivity index (χ1) is 12.6. The van der Waals surface area contributed by atoms with Crippen LogP contribution in [0.3, 0.4) is 0 Å². The molecule has 2 aromatic heterocycles. The maximum Gasteiger partial charge on any atom is 0.262 e. The molecule has 0 atom stereocenters. The average molecular weight is 351 g/mol. The molecule has 1 N–H and O–H groups in total. The molecule has 0 unspecified atom stereocenters. The van der Waals surface area contributed by atoms with Gasteiger partial charge in [0.05, 0.1) is 23.9 Å². The Labute approximate surface area is 147 Å². The molecule has 130 valence electrons. The fraction of sp³-hybridized carbons (Fsp3) is 0.111. The summed E-state index contributed by atoms with van der Waals surface area (Å²) in [5.41, 5.74) is 1.11. The molecule has 0 bridgehead atoms. The molecule has 0 radical (unpaired) electrons. The topological polar surface area (TPSA) is 106 Å². The van der Waals surface area contributed by atoms with Crippen LogP contribution in [0.4, 0.5) is 0 Å². The van der Waals surface area contributed by atoms with Gasteiger partial charge in [-0.05, 0) is 24.3 Å². The highest BCUT2D eigenvalue weighted by Gasteiger charge is 2.36. The van der Waals surface area contributed by atoms with Crippen molar-refractivity contribution in [3.63, 3.8) is 0 Å². The van der Waals surface area contributed by atoms with Crippen LogP contribution in [0.1, 0.15) is 26.4 Å². The Hall–Kier alpha value is -3.68. The first-order valence-electron chi connectivity index (χ1n) is 7.85. The fourth-order valence-corrected chi connectivity index (χ4v) is 2.70. The number of nitrogens with one attached hydrogen (secondary N) is 1. The van der Waals surface area contributed by atoms with E-state index in [2.05, 4.69) is 10.5 Å². The Balaban J connectivity index is 1.37.